The van der Waals surface area contributed by atoms with Gasteiger partial charge in [-0.2, -0.15) is 0 Å². The molecule has 2 atom stereocenters. The number of nitrogens with one attached hydrogen (secondary N) is 1. The zero-order chi connectivity index (χ0) is 16.4. The van der Waals surface area contributed by atoms with E-state index in [1.165, 1.54) is 36.0 Å². The molecule has 0 heterocycles. The Hall–Kier alpha value is -1.35. The highest BCUT2D eigenvalue weighted by atomic mass is 16.1. The maximum Gasteiger partial charge on any atom is 0.220 e. The van der Waals surface area contributed by atoms with Gasteiger partial charge in [-0.15, -0.1) is 0 Å². The van der Waals surface area contributed by atoms with Crippen molar-refractivity contribution in [1.29, 1.82) is 0 Å². The molecular weight excluding hydrogens is 284 g/mol. The molecule has 2 aliphatic carbocycles. The minimum atomic E-state index is 0.211. The lowest BCUT2D eigenvalue weighted by Gasteiger charge is -2.45. The number of carbonyl (C=O) groups is 1. The van der Waals surface area contributed by atoms with Crippen molar-refractivity contribution in [3.63, 3.8) is 0 Å². The zero-order valence-electron chi connectivity index (χ0n) is 14.5. The number of hydrogen-bond acceptors (Lipinski definition) is 2. The first-order valence-electron chi connectivity index (χ1n) is 9.14. The van der Waals surface area contributed by atoms with Crippen LogP contribution < -0.4 is 11.1 Å². The number of hydrogen-bond donors (Lipinski definition) is 2. The monoisotopic (exact) mass is 314 g/mol. The van der Waals surface area contributed by atoms with E-state index in [0.717, 1.165) is 19.3 Å². The first kappa shape index (κ1) is 16.5. The number of fused-ring (bicyclic) bond motifs is 2. The number of carbonyl (C=O) groups excluding carboxylic acids is 1. The topological polar surface area (TPSA) is 55.1 Å². The van der Waals surface area contributed by atoms with Crippen LogP contribution in [0, 0.1) is 25.7 Å². The van der Waals surface area contributed by atoms with Crippen LogP contribution >= 0.6 is 0 Å². The lowest BCUT2D eigenvalue weighted by Crippen LogP contribution is -2.53. The van der Waals surface area contributed by atoms with Gasteiger partial charge in [0.1, 0.15) is 0 Å². The maximum atomic E-state index is 12.4. The number of amides is 1. The molecule has 3 N–H and O–H groups in total. The minimum Gasteiger partial charge on any atom is -0.353 e. The summed E-state index contributed by atoms with van der Waals surface area (Å²) in [7, 11) is 0. The Labute approximate surface area is 140 Å². The summed E-state index contributed by atoms with van der Waals surface area (Å²) < 4.78 is 0. The molecule has 0 radical (unpaired) electrons. The van der Waals surface area contributed by atoms with Crippen molar-refractivity contribution < 1.29 is 4.79 Å². The molecule has 2 unspecified atom stereocenters. The van der Waals surface area contributed by atoms with Gasteiger partial charge >= 0.3 is 0 Å². The summed E-state index contributed by atoms with van der Waals surface area (Å²) >= 11 is 0. The lowest BCUT2D eigenvalue weighted by atomic mass is 9.67. The van der Waals surface area contributed by atoms with Crippen LogP contribution in [0.25, 0.3) is 0 Å². The van der Waals surface area contributed by atoms with Crippen molar-refractivity contribution in [1.82, 2.24) is 5.32 Å². The third-order valence-corrected chi connectivity index (χ3v) is 5.82. The fraction of sp³-hybridized carbons (Fsp3) is 0.650. The number of benzene rings is 1. The molecular formula is C20H30N2O. The van der Waals surface area contributed by atoms with Gasteiger partial charge in [-0.1, -0.05) is 30.2 Å². The SMILES string of the molecule is Cc1ccc(CCC(=O)NC2C3CCCC2CC(N)C3)c(C)c1. The molecule has 0 spiro atoms. The van der Waals surface area contributed by atoms with Crippen molar-refractivity contribution in [2.75, 3.05) is 0 Å². The summed E-state index contributed by atoms with van der Waals surface area (Å²) in [6.07, 6.45) is 7.35. The van der Waals surface area contributed by atoms with Gasteiger partial charge in [0.15, 0.2) is 0 Å². The van der Waals surface area contributed by atoms with E-state index in [4.69, 9.17) is 5.73 Å². The standard InChI is InChI=1S/C20H30N2O/c1-13-6-7-15(14(2)10-13)8-9-19(23)22-20-16-4-3-5-17(20)12-18(21)11-16/h6-7,10,16-18,20H,3-5,8-9,11-12,21H2,1-2H3,(H,22,23). The van der Waals surface area contributed by atoms with E-state index < -0.39 is 0 Å². The van der Waals surface area contributed by atoms with Crippen molar-refractivity contribution in [3.05, 3.63) is 34.9 Å². The first-order valence-corrected chi connectivity index (χ1v) is 9.14. The van der Waals surface area contributed by atoms with E-state index in [1.54, 1.807) is 0 Å². The van der Waals surface area contributed by atoms with Crippen LogP contribution in [0.1, 0.15) is 55.2 Å². The van der Waals surface area contributed by atoms with Crippen LogP contribution in [0.3, 0.4) is 0 Å². The summed E-state index contributed by atoms with van der Waals surface area (Å²) in [4.78, 5) is 12.4. The van der Waals surface area contributed by atoms with Gasteiger partial charge < -0.3 is 11.1 Å². The van der Waals surface area contributed by atoms with E-state index in [0.29, 0.717) is 30.3 Å². The summed E-state index contributed by atoms with van der Waals surface area (Å²) in [6, 6.07) is 7.20. The van der Waals surface area contributed by atoms with Crippen LogP contribution in [-0.4, -0.2) is 18.0 Å². The van der Waals surface area contributed by atoms with E-state index in [9.17, 15) is 4.79 Å². The van der Waals surface area contributed by atoms with Crippen LogP contribution in [0.15, 0.2) is 18.2 Å². The van der Waals surface area contributed by atoms with Gasteiger partial charge in [0, 0.05) is 18.5 Å². The Kier molecular flexibility index (Phi) is 5.05. The van der Waals surface area contributed by atoms with Crippen LogP contribution in [0.4, 0.5) is 0 Å². The van der Waals surface area contributed by atoms with Crippen molar-refractivity contribution in [2.45, 2.75) is 70.9 Å². The second-order valence-corrected chi connectivity index (χ2v) is 7.71. The predicted molar refractivity (Wildman–Crippen MR) is 94.2 cm³/mol. The van der Waals surface area contributed by atoms with E-state index in [2.05, 4.69) is 37.4 Å². The van der Waals surface area contributed by atoms with Gasteiger partial charge in [0.25, 0.3) is 0 Å². The molecule has 0 saturated heterocycles. The molecule has 1 aromatic rings. The Morgan fingerprint density at radius 1 is 1.22 bits per heavy atom. The smallest absolute Gasteiger partial charge is 0.220 e. The lowest BCUT2D eigenvalue weighted by molar-refractivity contribution is -0.123. The molecule has 126 valence electrons. The molecule has 1 aromatic carbocycles. The molecule has 3 heteroatoms. The normalized spacial score (nSPS) is 30.0. The van der Waals surface area contributed by atoms with E-state index >= 15 is 0 Å². The molecule has 3 rings (SSSR count). The second kappa shape index (κ2) is 7.04. The summed E-state index contributed by atoms with van der Waals surface area (Å²) in [5.41, 5.74) is 10.0. The van der Waals surface area contributed by atoms with Crippen molar-refractivity contribution >= 4 is 5.91 Å². The largest absolute Gasteiger partial charge is 0.353 e. The Morgan fingerprint density at radius 3 is 2.57 bits per heavy atom. The second-order valence-electron chi connectivity index (χ2n) is 7.71. The molecule has 2 fully saturated rings. The average molecular weight is 314 g/mol. The van der Waals surface area contributed by atoms with Gasteiger partial charge in [-0.3, -0.25) is 4.79 Å². The van der Waals surface area contributed by atoms with E-state index in [1.807, 2.05) is 0 Å². The molecule has 1 amide bonds. The average Bonchev–Trinajstić information content (AvgIpc) is 2.47. The van der Waals surface area contributed by atoms with Gasteiger partial charge in [0.05, 0.1) is 0 Å². The third-order valence-electron chi connectivity index (χ3n) is 5.82. The minimum absolute atomic E-state index is 0.211. The fourth-order valence-electron chi connectivity index (χ4n) is 4.66. The number of aryl methyl sites for hydroxylation is 3. The molecule has 23 heavy (non-hydrogen) atoms. The number of rotatable bonds is 4. The molecule has 2 bridgehead atoms. The highest BCUT2D eigenvalue weighted by Crippen LogP contribution is 2.39. The maximum absolute atomic E-state index is 12.4. The molecule has 2 saturated carbocycles. The van der Waals surface area contributed by atoms with Crippen LogP contribution in [-0.2, 0) is 11.2 Å². The quantitative estimate of drug-likeness (QED) is 0.896. The third kappa shape index (κ3) is 3.95. The van der Waals surface area contributed by atoms with Crippen LogP contribution in [0.5, 0.6) is 0 Å². The fourth-order valence-corrected chi connectivity index (χ4v) is 4.66. The van der Waals surface area contributed by atoms with E-state index in [-0.39, 0.29) is 5.91 Å². The summed E-state index contributed by atoms with van der Waals surface area (Å²) in [5.74, 6) is 1.41. The Bertz CT molecular complexity index is 555. The Balaban J connectivity index is 1.55. The van der Waals surface area contributed by atoms with Crippen LogP contribution in [0.2, 0.25) is 0 Å². The summed E-state index contributed by atoms with van der Waals surface area (Å²) in [6.45, 7) is 4.24. The predicted octanol–water partition coefficient (Wildman–Crippen LogP) is 3.26. The van der Waals surface area contributed by atoms with Crippen molar-refractivity contribution in [3.8, 4) is 0 Å². The molecule has 0 aliphatic heterocycles. The van der Waals surface area contributed by atoms with Crippen molar-refractivity contribution in [2.24, 2.45) is 17.6 Å². The highest BCUT2D eigenvalue weighted by molar-refractivity contribution is 5.76. The van der Waals surface area contributed by atoms with Gasteiger partial charge in [-0.25, -0.2) is 0 Å². The molecule has 2 aliphatic rings. The highest BCUT2D eigenvalue weighted by Gasteiger charge is 2.39. The zero-order valence-corrected chi connectivity index (χ0v) is 14.5. The Morgan fingerprint density at radius 2 is 1.91 bits per heavy atom. The van der Waals surface area contributed by atoms with Gasteiger partial charge in [0.2, 0.25) is 5.91 Å². The first-order chi connectivity index (χ1) is 11.0. The summed E-state index contributed by atoms with van der Waals surface area (Å²) in [5, 5.41) is 3.35. The van der Waals surface area contributed by atoms with Gasteiger partial charge in [-0.05, 0) is 68.9 Å². The molecule has 3 nitrogen and oxygen atoms in total. The number of nitrogens with two attached hydrogens (primary N) is 1. The molecule has 0 aromatic heterocycles.